The molecule has 0 unspecified atom stereocenters. The monoisotopic (exact) mass is 445 g/mol. The molecule has 0 bridgehead atoms. The predicted molar refractivity (Wildman–Crippen MR) is 113 cm³/mol. The second-order valence-corrected chi connectivity index (χ2v) is 7.41. The Kier molecular flexibility index (Phi) is 6.08. The smallest absolute Gasteiger partial charge is 0.368 e. The number of aromatic nitrogens is 5. The molecule has 8 nitrogen and oxygen atoms in total. The molecule has 4 N–H and O–H groups in total. The summed E-state index contributed by atoms with van der Waals surface area (Å²) in [5.74, 6) is 0.571. The van der Waals surface area contributed by atoms with Gasteiger partial charge < -0.3 is 20.6 Å². The van der Waals surface area contributed by atoms with Gasteiger partial charge in [-0.2, -0.15) is 18.2 Å². The molecule has 1 aliphatic rings. The Morgan fingerprint density at radius 3 is 2.47 bits per heavy atom. The Balaban J connectivity index is 0.000000354. The van der Waals surface area contributed by atoms with Crippen molar-refractivity contribution in [3.63, 3.8) is 0 Å². The summed E-state index contributed by atoms with van der Waals surface area (Å²) in [6, 6.07) is 5.06. The first-order valence-corrected chi connectivity index (χ1v) is 10.2. The summed E-state index contributed by atoms with van der Waals surface area (Å²) >= 11 is 0. The first-order chi connectivity index (χ1) is 15.3. The minimum atomic E-state index is -4.60. The quantitative estimate of drug-likeness (QED) is 0.420. The number of rotatable bonds is 2. The first-order valence-electron chi connectivity index (χ1n) is 10.2. The molecule has 1 aromatic carbocycles. The van der Waals surface area contributed by atoms with Gasteiger partial charge in [0, 0.05) is 34.4 Å². The SMILES string of the molecule is C1CCNCC1.Cc1noc(-c2ccc3c(-c4nc(N)ncc4C(F)(F)F)c[nH]c3c2)n1. The number of anilines is 1. The van der Waals surface area contributed by atoms with E-state index in [2.05, 4.69) is 30.4 Å². The summed E-state index contributed by atoms with van der Waals surface area (Å²) in [6.45, 7) is 4.19. The van der Waals surface area contributed by atoms with Gasteiger partial charge in [0.05, 0.1) is 5.69 Å². The number of aryl methyl sites for hydroxylation is 1. The molecule has 4 heterocycles. The molecule has 1 aliphatic heterocycles. The van der Waals surface area contributed by atoms with Crippen molar-refractivity contribution in [2.75, 3.05) is 18.8 Å². The van der Waals surface area contributed by atoms with Crippen LogP contribution >= 0.6 is 0 Å². The average Bonchev–Trinajstić information content (AvgIpc) is 3.40. The number of nitrogens with one attached hydrogen (secondary N) is 2. The van der Waals surface area contributed by atoms with E-state index in [1.807, 2.05) is 0 Å². The third kappa shape index (κ3) is 4.72. The zero-order valence-corrected chi connectivity index (χ0v) is 17.3. The molecule has 5 rings (SSSR count). The Morgan fingerprint density at radius 2 is 1.88 bits per heavy atom. The van der Waals surface area contributed by atoms with E-state index in [-0.39, 0.29) is 17.2 Å². The van der Waals surface area contributed by atoms with Gasteiger partial charge in [-0.15, -0.1) is 0 Å². The van der Waals surface area contributed by atoms with Gasteiger partial charge in [0.2, 0.25) is 5.95 Å². The van der Waals surface area contributed by atoms with Crippen LogP contribution in [-0.4, -0.2) is 38.2 Å². The Hall–Kier alpha value is -3.47. The van der Waals surface area contributed by atoms with Crippen molar-refractivity contribution in [3.8, 4) is 22.7 Å². The second kappa shape index (κ2) is 8.95. The van der Waals surface area contributed by atoms with Gasteiger partial charge >= 0.3 is 6.18 Å². The predicted octanol–water partition coefficient (Wildman–Crippen LogP) is 4.34. The number of nitrogens with two attached hydrogens (primary N) is 1. The highest BCUT2D eigenvalue weighted by Crippen LogP contribution is 2.39. The maximum Gasteiger partial charge on any atom is 0.419 e. The topological polar surface area (TPSA) is 119 Å². The molecular formula is C21H22F3N7O. The van der Waals surface area contributed by atoms with E-state index < -0.39 is 11.7 Å². The zero-order valence-electron chi connectivity index (χ0n) is 17.3. The van der Waals surface area contributed by atoms with Crippen molar-refractivity contribution < 1.29 is 17.7 Å². The molecule has 11 heteroatoms. The molecule has 0 amide bonds. The number of alkyl halides is 3. The number of halogens is 3. The Bertz CT molecular complexity index is 1200. The van der Waals surface area contributed by atoms with Crippen LogP contribution in [0.1, 0.15) is 30.7 Å². The van der Waals surface area contributed by atoms with Crippen LogP contribution in [0.3, 0.4) is 0 Å². The number of benzene rings is 1. The lowest BCUT2D eigenvalue weighted by molar-refractivity contribution is -0.137. The van der Waals surface area contributed by atoms with E-state index in [0.717, 1.165) is 0 Å². The third-order valence-electron chi connectivity index (χ3n) is 5.03. The number of nitrogens with zero attached hydrogens (tertiary/aromatic N) is 4. The number of hydrogen-bond donors (Lipinski definition) is 3. The normalized spacial score (nSPS) is 14.2. The van der Waals surface area contributed by atoms with Crippen LogP contribution < -0.4 is 11.1 Å². The minimum Gasteiger partial charge on any atom is -0.368 e. The molecule has 0 radical (unpaired) electrons. The van der Waals surface area contributed by atoms with Crippen molar-refractivity contribution in [1.82, 2.24) is 30.4 Å². The fourth-order valence-corrected chi connectivity index (χ4v) is 3.48. The van der Waals surface area contributed by atoms with Gasteiger partial charge in [-0.25, -0.2) is 9.97 Å². The lowest BCUT2D eigenvalue weighted by Gasteiger charge is -2.11. The van der Waals surface area contributed by atoms with Crippen LogP contribution in [0.15, 0.2) is 35.1 Å². The van der Waals surface area contributed by atoms with Gasteiger partial charge in [-0.05, 0) is 45.0 Å². The number of nitrogen functional groups attached to an aromatic ring is 1. The van der Waals surface area contributed by atoms with Crippen molar-refractivity contribution in [1.29, 1.82) is 0 Å². The highest BCUT2D eigenvalue weighted by molar-refractivity contribution is 5.97. The van der Waals surface area contributed by atoms with Crippen molar-refractivity contribution in [2.24, 2.45) is 0 Å². The largest absolute Gasteiger partial charge is 0.419 e. The van der Waals surface area contributed by atoms with Gasteiger partial charge in [-0.3, -0.25) is 0 Å². The molecule has 0 aliphatic carbocycles. The zero-order chi connectivity index (χ0) is 22.7. The third-order valence-corrected chi connectivity index (χ3v) is 5.03. The standard InChI is InChI=1S/C16H11F3N6O.C5H11N/c1-7-23-14(26-25-7)8-2-3-9-10(5-21-12(9)4-8)13-11(16(17,18)19)6-22-15(20)24-13;1-2-4-6-5-3-1/h2-6,21H,1H3,(H2,20,22,24);6H,1-5H2. The summed E-state index contributed by atoms with van der Waals surface area (Å²) < 4.78 is 45.0. The molecule has 0 atom stereocenters. The molecule has 4 aromatic rings. The highest BCUT2D eigenvalue weighted by atomic mass is 19.4. The van der Waals surface area contributed by atoms with E-state index in [1.165, 1.54) is 38.5 Å². The summed E-state index contributed by atoms with van der Waals surface area (Å²) in [4.78, 5) is 14.3. The average molecular weight is 445 g/mol. The van der Waals surface area contributed by atoms with E-state index in [4.69, 9.17) is 10.3 Å². The molecular weight excluding hydrogens is 423 g/mol. The fraction of sp³-hybridized carbons (Fsp3) is 0.333. The fourth-order valence-electron chi connectivity index (χ4n) is 3.48. The van der Waals surface area contributed by atoms with Crippen LogP contribution in [0.5, 0.6) is 0 Å². The Morgan fingerprint density at radius 1 is 1.09 bits per heavy atom. The molecule has 0 spiro atoms. The number of hydrogen-bond acceptors (Lipinski definition) is 7. The summed E-state index contributed by atoms with van der Waals surface area (Å²) in [5, 5.41) is 7.56. The molecule has 3 aromatic heterocycles. The first kappa shape index (κ1) is 21.8. The summed E-state index contributed by atoms with van der Waals surface area (Å²) in [6.07, 6.45) is 1.75. The van der Waals surface area contributed by atoms with Crippen LogP contribution in [0.2, 0.25) is 0 Å². The molecule has 32 heavy (non-hydrogen) atoms. The van der Waals surface area contributed by atoms with E-state index in [9.17, 15) is 13.2 Å². The summed E-state index contributed by atoms with van der Waals surface area (Å²) in [5.41, 5.74) is 5.77. The van der Waals surface area contributed by atoms with Gasteiger partial charge in [0.1, 0.15) is 5.56 Å². The molecule has 1 fully saturated rings. The minimum absolute atomic E-state index is 0.236. The lowest BCUT2D eigenvalue weighted by Crippen LogP contribution is -2.21. The molecule has 0 saturated carbocycles. The van der Waals surface area contributed by atoms with Crippen molar-refractivity contribution in [2.45, 2.75) is 32.4 Å². The van der Waals surface area contributed by atoms with E-state index >= 15 is 0 Å². The highest BCUT2D eigenvalue weighted by Gasteiger charge is 2.36. The number of piperidine rings is 1. The summed E-state index contributed by atoms with van der Waals surface area (Å²) in [7, 11) is 0. The second-order valence-electron chi connectivity index (χ2n) is 7.41. The van der Waals surface area contributed by atoms with E-state index in [0.29, 0.717) is 34.4 Å². The maximum atomic E-state index is 13.3. The van der Waals surface area contributed by atoms with E-state index in [1.54, 1.807) is 25.1 Å². The van der Waals surface area contributed by atoms with Crippen LogP contribution in [0, 0.1) is 6.92 Å². The molecule has 168 valence electrons. The molecule has 1 saturated heterocycles. The van der Waals surface area contributed by atoms with Gasteiger partial charge in [0.15, 0.2) is 5.82 Å². The van der Waals surface area contributed by atoms with Crippen LogP contribution in [-0.2, 0) is 6.18 Å². The van der Waals surface area contributed by atoms with Crippen LogP contribution in [0.25, 0.3) is 33.6 Å². The van der Waals surface area contributed by atoms with Gasteiger partial charge in [-0.1, -0.05) is 17.6 Å². The van der Waals surface area contributed by atoms with Gasteiger partial charge in [0.25, 0.3) is 5.89 Å². The van der Waals surface area contributed by atoms with Crippen molar-refractivity contribution >= 4 is 16.9 Å². The maximum absolute atomic E-state index is 13.3. The lowest BCUT2D eigenvalue weighted by atomic mass is 10.0. The number of aromatic amines is 1. The van der Waals surface area contributed by atoms with Crippen molar-refractivity contribution in [3.05, 3.63) is 42.0 Å². The number of fused-ring (bicyclic) bond motifs is 1. The number of H-pyrrole nitrogens is 1. The van der Waals surface area contributed by atoms with Crippen LogP contribution in [0.4, 0.5) is 19.1 Å². The Labute approximate surface area is 181 Å².